The van der Waals surface area contributed by atoms with Crippen molar-refractivity contribution >= 4 is 28.3 Å². The first-order valence-electron chi connectivity index (χ1n) is 9.17. The quantitative estimate of drug-likeness (QED) is 0.573. The number of carbonyl (C=O) groups excluding carboxylic acids is 1. The second-order valence-corrected chi connectivity index (χ2v) is 6.52. The maximum Gasteiger partial charge on any atom is 0.255 e. The Morgan fingerprint density at radius 1 is 1.04 bits per heavy atom. The van der Waals surface area contributed by atoms with Crippen LogP contribution in [-0.2, 0) is 0 Å². The van der Waals surface area contributed by atoms with Crippen molar-refractivity contribution in [3.63, 3.8) is 0 Å². The molecule has 2 aromatic carbocycles. The summed E-state index contributed by atoms with van der Waals surface area (Å²) in [5.41, 5.74) is 4.24. The highest BCUT2D eigenvalue weighted by atomic mass is 16.1. The molecule has 0 saturated carbocycles. The summed E-state index contributed by atoms with van der Waals surface area (Å²) in [5, 5.41) is 2.89. The summed E-state index contributed by atoms with van der Waals surface area (Å²) in [7, 11) is 2.02. The van der Waals surface area contributed by atoms with Crippen molar-refractivity contribution in [3.8, 4) is 5.82 Å². The average Bonchev–Trinajstić information content (AvgIpc) is 3.18. The number of rotatable bonds is 5. The number of imidazole rings is 1. The number of nitrogens with one attached hydrogen (secondary N) is 1. The molecule has 0 saturated heterocycles. The molecule has 2 aromatic heterocycles. The third kappa shape index (κ3) is 3.44. The minimum absolute atomic E-state index is 0.159. The van der Waals surface area contributed by atoms with Gasteiger partial charge in [-0.3, -0.25) is 9.36 Å². The monoisotopic (exact) mass is 371 g/mol. The Morgan fingerprint density at radius 2 is 1.82 bits per heavy atom. The van der Waals surface area contributed by atoms with Crippen LogP contribution in [-0.4, -0.2) is 34.0 Å². The fraction of sp³-hybridized carbons (Fsp3) is 0.136. The maximum atomic E-state index is 12.5. The number of aromatic nitrogens is 3. The van der Waals surface area contributed by atoms with Gasteiger partial charge >= 0.3 is 0 Å². The molecule has 140 valence electrons. The van der Waals surface area contributed by atoms with Gasteiger partial charge in [0.05, 0.1) is 22.9 Å². The summed E-state index contributed by atoms with van der Waals surface area (Å²) in [6.07, 6.45) is 3.40. The predicted octanol–water partition coefficient (Wildman–Crippen LogP) is 4.13. The first-order chi connectivity index (χ1) is 13.7. The van der Waals surface area contributed by atoms with E-state index >= 15 is 0 Å². The molecule has 28 heavy (non-hydrogen) atoms. The standard InChI is InChI=1S/C22H21N5O/c1-3-26(2)18-11-8-16(9-12-18)22(28)25-17-10-13-21(23-14-17)27-15-24-19-6-4-5-7-20(19)27/h4-15H,3H2,1-2H3,(H,25,28). The Kier molecular flexibility index (Phi) is 4.76. The van der Waals surface area contributed by atoms with E-state index in [1.807, 2.05) is 72.3 Å². The lowest BCUT2D eigenvalue weighted by Crippen LogP contribution is -2.16. The van der Waals surface area contributed by atoms with Crippen molar-refractivity contribution < 1.29 is 4.79 Å². The number of benzene rings is 2. The van der Waals surface area contributed by atoms with Gasteiger partial charge in [0.1, 0.15) is 12.1 Å². The largest absolute Gasteiger partial charge is 0.375 e. The zero-order chi connectivity index (χ0) is 19.5. The highest BCUT2D eigenvalue weighted by Crippen LogP contribution is 2.18. The molecule has 0 unspecified atom stereocenters. The highest BCUT2D eigenvalue weighted by Gasteiger charge is 2.09. The number of anilines is 2. The van der Waals surface area contributed by atoms with E-state index in [0.717, 1.165) is 29.1 Å². The smallest absolute Gasteiger partial charge is 0.255 e. The molecular formula is C22H21N5O. The molecule has 4 aromatic rings. The summed E-state index contributed by atoms with van der Waals surface area (Å²) in [6.45, 7) is 3.00. The third-order valence-electron chi connectivity index (χ3n) is 4.75. The Hall–Kier alpha value is -3.67. The van der Waals surface area contributed by atoms with Crippen molar-refractivity contribution in [3.05, 3.63) is 78.8 Å². The van der Waals surface area contributed by atoms with Gasteiger partial charge in [0, 0.05) is 24.8 Å². The van der Waals surface area contributed by atoms with Gasteiger partial charge in [-0.2, -0.15) is 0 Å². The second-order valence-electron chi connectivity index (χ2n) is 6.52. The average molecular weight is 371 g/mol. The van der Waals surface area contributed by atoms with E-state index in [2.05, 4.69) is 27.1 Å². The fourth-order valence-corrected chi connectivity index (χ4v) is 3.00. The minimum atomic E-state index is -0.159. The number of carbonyl (C=O) groups is 1. The number of pyridine rings is 1. The molecule has 6 nitrogen and oxygen atoms in total. The molecule has 2 heterocycles. The van der Waals surface area contributed by atoms with Crippen LogP contribution in [0.3, 0.4) is 0 Å². The van der Waals surface area contributed by atoms with E-state index in [9.17, 15) is 4.79 Å². The summed E-state index contributed by atoms with van der Waals surface area (Å²) in [6, 6.07) is 19.2. The number of hydrogen-bond donors (Lipinski definition) is 1. The summed E-state index contributed by atoms with van der Waals surface area (Å²) >= 11 is 0. The normalized spacial score (nSPS) is 10.8. The molecule has 0 atom stereocenters. The van der Waals surface area contributed by atoms with Crippen LogP contribution in [0.1, 0.15) is 17.3 Å². The van der Waals surface area contributed by atoms with Gasteiger partial charge < -0.3 is 10.2 Å². The maximum absolute atomic E-state index is 12.5. The van der Waals surface area contributed by atoms with E-state index in [1.54, 1.807) is 12.5 Å². The molecule has 1 N–H and O–H groups in total. The lowest BCUT2D eigenvalue weighted by atomic mass is 10.2. The Balaban J connectivity index is 1.49. The van der Waals surface area contributed by atoms with Crippen molar-refractivity contribution in [2.24, 2.45) is 0 Å². The molecule has 4 rings (SSSR count). The van der Waals surface area contributed by atoms with Gasteiger partial charge in [-0.05, 0) is 55.5 Å². The van der Waals surface area contributed by atoms with Crippen molar-refractivity contribution in [1.82, 2.24) is 14.5 Å². The van der Waals surface area contributed by atoms with E-state index in [1.165, 1.54) is 0 Å². The van der Waals surface area contributed by atoms with Crippen LogP contribution in [0, 0.1) is 0 Å². The van der Waals surface area contributed by atoms with Crippen LogP contribution in [0.4, 0.5) is 11.4 Å². The Labute approximate surface area is 163 Å². The molecule has 0 radical (unpaired) electrons. The first kappa shape index (κ1) is 17.7. The topological polar surface area (TPSA) is 63.1 Å². The van der Waals surface area contributed by atoms with Crippen LogP contribution in [0.15, 0.2) is 73.2 Å². The first-order valence-corrected chi connectivity index (χ1v) is 9.17. The van der Waals surface area contributed by atoms with Crippen molar-refractivity contribution in [2.75, 3.05) is 23.8 Å². The van der Waals surface area contributed by atoms with Crippen LogP contribution in [0.25, 0.3) is 16.9 Å². The van der Waals surface area contributed by atoms with Gasteiger partial charge in [0.15, 0.2) is 0 Å². The lowest BCUT2D eigenvalue weighted by molar-refractivity contribution is 0.102. The summed E-state index contributed by atoms with van der Waals surface area (Å²) in [4.78, 5) is 23.4. The van der Waals surface area contributed by atoms with Crippen LogP contribution in [0.2, 0.25) is 0 Å². The van der Waals surface area contributed by atoms with Crippen LogP contribution in [0.5, 0.6) is 0 Å². The lowest BCUT2D eigenvalue weighted by Gasteiger charge is -2.16. The molecule has 6 heteroatoms. The van der Waals surface area contributed by atoms with Gasteiger partial charge in [0.2, 0.25) is 0 Å². The molecule has 0 aliphatic rings. The minimum Gasteiger partial charge on any atom is -0.375 e. The number of fused-ring (bicyclic) bond motifs is 1. The molecule has 0 aliphatic carbocycles. The molecule has 0 fully saturated rings. The third-order valence-corrected chi connectivity index (χ3v) is 4.75. The van der Waals surface area contributed by atoms with Gasteiger partial charge in [-0.25, -0.2) is 9.97 Å². The van der Waals surface area contributed by atoms with Crippen molar-refractivity contribution in [1.29, 1.82) is 0 Å². The van der Waals surface area contributed by atoms with E-state index < -0.39 is 0 Å². The molecule has 0 aliphatic heterocycles. The fourth-order valence-electron chi connectivity index (χ4n) is 3.00. The van der Waals surface area contributed by atoms with Crippen LogP contribution < -0.4 is 10.2 Å². The van der Waals surface area contributed by atoms with Gasteiger partial charge in [0.25, 0.3) is 5.91 Å². The molecule has 1 amide bonds. The van der Waals surface area contributed by atoms with Gasteiger partial charge in [-0.1, -0.05) is 12.1 Å². The van der Waals surface area contributed by atoms with Crippen LogP contribution >= 0.6 is 0 Å². The zero-order valence-electron chi connectivity index (χ0n) is 15.8. The summed E-state index contributed by atoms with van der Waals surface area (Å²) < 4.78 is 1.92. The van der Waals surface area contributed by atoms with E-state index in [0.29, 0.717) is 11.3 Å². The predicted molar refractivity (Wildman–Crippen MR) is 112 cm³/mol. The Bertz CT molecular complexity index is 1100. The molecule has 0 spiro atoms. The zero-order valence-corrected chi connectivity index (χ0v) is 15.8. The molecular weight excluding hydrogens is 350 g/mol. The Morgan fingerprint density at radius 3 is 2.54 bits per heavy atom. The number of para-hydroxylation sites is 2. The summed E-state index contributed by atoms with van der Waals surface area (Å²) in [5.74, 6) is 0.590. The van der Waals surface area contributed by atoms with Gasteiger partial charge in [-0.15, -0.1) is 0 Å². The molecule has 0 bridgehead atoms. The second kappa shape index (κ2) is 7.52. The highest BCUT2D eigenvalue weighted by molar-refractivity contribution is 6.04. The SMILES string of the molecule is CCN(C)c1ccc(C(=O)Nc2ccc(-n3cnc4ccccc43)nc2)cc1. The van der Waals surface area contributed by atoms with Crippen molar-refractivity contribution in [2.45, 2.75) is 6.92 Å². The van der Waals surface area contributed by atoms with E-state index in [4.69, 9.17) is 0 Å². The number of amides is 1. The van der Waals surface area contributed by atoms with E-state index in [-0.39, 0.29) is 5.91 Å². The number of hydrogen-bond acceptors (Lipinski definition) is 4. The number of nitrogens with zero attached hydrogens (tertiary/aromatic N) is 4.